The van der Waals surface area contributed by atoms with Gasteiger partial charge in [0, 0.05) is 6.42 Å². The number of carbonyl (C=O) groups is 1. The summed E-state index contributed by atoms with van der Waals surface area (Å²) in [7, 11) is 0. The van der Waals surface area contributed by atoms with Gasteiger partial charge in [0.1, 0.15) is 11.6 Å². The molecule has 0 aromatic rings. The molecule has 0 saturated carbocycles. The van der Waals surface area contributed by atoms with Crippen LogP contribution in [-0.4, -0.2) is 17.6 Å². The third-order valence-electron chi connectivity index (χ3n) is 1.05. The molecule has 0 aliphatic carbocycles. The van der Waals surface area contributed by atoms with Gasteiger partial charge in [-0.05, 0) is 20.8 Å². The summed E-state index contributed by atoms with van der Waals surface area (Å²) >= 11 is 0. The van der Waals surface area contributed by atoms with Gasteiger partial charge in [-0.15, -0.1) is 12.3 Å². The van der Waals surface area contributed by atoms with Gasteiger partial charge in [0.25, 0.3) is 0 Å². The van der Waals surface area contributed by atoms with E-state index < -0.39 is 17.6 Å². The average molecular weight is 169 g/mol. The van der Waals surface area contributed by atoms with Gasteiger partial charge in [-0.25, -0.2) is 0 Å². The molecule has 0 aromatic carbocycles. The summed E-state index contributed by atoms with van der Waals surface area (Å²) < 4.78 is 4.99. The molecule has 0 spiro atoms. The minimum absolute atomic E-state index is 0.217. The molecule has 0 heterocycles. The van der Waals surface area contributed by atoms with Crippen molar-refractivity contribution >= 4 is 5.97 Å². The van der Waals surface area contributed by atoms with Crippen LogP contribution in [0.1, 0.15) is 27.2 Å². The van der Waals surface area contributed by atoms with Crippen molar-refractivity contribution in [3.05, 3.63) is 0 Å². The highest BCUT2D eigenvalue weighted by atomic mass is 16.6. The SMILES string of the molecule is C#CCC(N)C(=O)OC(C)(C)C. The summed E-state index contributed by atoms with van der Waals surface area (Å²) in [6.45, 7) is 5.36. The summed E-state index contributed by atoms with van der Waals surface area (Å²) in [5, 5.41) is 0. The zero-order valence-electron chi connectivity index (χ0n) is 7.76. The fourth-order valence-electron chi connectivity index (χ4n) is 0.588. The molecule has 0 aromatic heterocycles. The molecule has 3 nitrogen and oxygen atoms in total. The first-order valence-electron chi connectivity index (χ1n) is 3.78. The summed E-state index contributed by atoms with van der Waals surface area (Å²) in [5.74, 6) is 1.86. The van der Waals surface area contributed by atoms with Crippen LogP contribution in [0.4, 0.5) is 0 Å². The van der Waals surface area contributed by atoms with E-state index in [0.29, 0.717) is 0 Å². The Morgan fingerprint density at radius 3 is 2.50 bits per heavy atom. The van der Waals surface area contributed by atoms with Gasteiger partial charge < -0.3 is 10.5 Å². The molecule has 68 valence electrons. The lowest BCUT2D eigenvalue weighted by atomic mass is 10.2. The van der Waals surface area contributed by atoms with E-state index in [-0.39, 0.29) is 6.42 Å². The van der Waals surface area contributed by atoms with E-state index in [2.05, 4.69) is 5.92 Å². The van der Waals surface area contributed by atoms with Crippen molar-refractivity contribution in [2.45, 2.75) is 38.8 Å². The van der Waals surface area contributed by atoms with Gasteiger partial charge in [-0.3, -0.25) is 4.79 Å². The predicted octanol–water partition coefficient (Wildman–Crippen LogP) is 0.679. The van der Waals surface area contributed by atoms with Crippen LogP contribution in [0.25, 0.3) is 0 Å². The van der Waals surface area contributed by atoms with Gasteiger partial charge in [-0.2, -0.15) is 0 Å². The molecule has 0 aliphatic heterocycles. The Labute approximate surface area is 73.3 Å². The normalized spacial score (nSPS) is 13.2. The number of hydrogen-bond acceptors (Lipinski definition) is 3. The van der Waals surface area contributed by atoms with Crippen molar-refractivity contribution in [1.82, 2.24) is 0 Å². The highest BCUT2D eigenvalue weighted by molar-refractivity contribution is 5.76. The number of hydrogen-bond donors (Lipinski definition) is 1. The van der Waals surface area contributed by atoms with Crippen molar-refractivity contribution in [1.29, 1.82) is 0 Å². The van der Waals surface area contributed by atoms with Crippen LogP contribution in [0.2, 0.25) is 0 Å². The molecule has 0 fully saturated rings. The van der Waals surface area contributed by atoms with E-state index >= 15 is 0 Å². The van der Waals surface area contributed by atoms with E-state index in [9.17, 15) is 4.79 Å². The Kier molecular flexibility index (Phi) is 3.78. The van der Waals surface area contributed by atoms with Crippen molar-refractivity contribution < 1.29 is 9.53 Å². The molecule has 0 rings (SSSR count). The van der Waals surface area contributed by atoms with Crippen LogP contribution < -0.4 is 5.73 Å². The Bertz CT molecular complexity index is 198. The number of esters is 1. The first-order chi connectivity index (χ1) is 5.37. The predicted molar refractivity (Wildman–Crippen MR) is 47.3 cm³/mol. The number of terminal acetylenes is 1. The highest BCUT2D eigenvalue weighted by Gasteiger charge is 2.20. The minimum atomic E-state index is -0.700. The molecular formula is C9H15NO2. The van der Waals surface area contributed by atoms with Crippen LogP contribution in [0.15, 0.2) is 0 Å². The van der Waals surface area contributed by atoms with E-state index in [0.717, 1.165) is 0 Å². The summed E-state index contributed by atoms with van der Waals surface area (Å²) in [6.07, 6.45) is 5.21. The standard InChI is InChI=1S/C9H15NO2/c1-5-6-7(10)8(11)12-9(2,3)4/h1,7H,6,10H2,2-4H3. The topological polar surface area (TPSA) is 52.3 Å². The van der Waals surface area contributed by atoms with Crippen LogP contribution in [0.5, 0.6) is 0 Å². The van der Waals surface area contributed by atoms with Crippen LogP contribution in [0, 0.1) is 12.3 Å². The molecule has 3 heteroatoms. The number of ether oxygens (including phenoxy) is 1. The lowest BCUT2D eigenvalue weighted by molar-refractivity contribution is -0.156. The molecule has 0 radical (unpaired) electrons. The van der Waals surface area contributed by atoms with Crippen molar-refractivity contribution in [2.75, 3.05) is 0 Å². The molecule has 1 atom stereocenters. The molecule has 0 amide bonds. The molecule has 0 saturated heterocycles. The number of nitrogens with two attached hydrogens (primary N) is 1. The first kappa shape index (κ1) is 11.0. The third kappa shape index (κ3) is 4.75. The smallest absolute Gasteiger partial charge is 0.324 e. The van der Waals surface area contributed by atoms with E-state index in [1.54, 1.807) is 20.8 Å². The number of rotatable bonds is 2. The van der Waals surface area contributed by atoms with E-state index in [4.69, 9.17) is 16.9 Å². The van der Waals surface area contributed by atoms with Gasteiger partial charge in [0.2, 0.25) is 0 Å². The molecule has 12 heavy (non-hydrogen) atoms. The Hall–Kier alpha value is -1.01. The fourth-order valence-corrected chi connectivity index (χ4v) is 0.588. The van der Waals surface area contributed by atoms with Crippen molar-refractivity contribution in [2.24, 2.45) is 5.73 Å². The molecule has 0 bridgehead atoms. The van der Waals surface area contributed by atoms with Crippen LogP contribution in [0.3, 0.4) is 0 Å². The minimum Gasteiger partial charge on any atom is -0.459 e. The first-order valence-corrected chi connectivity index (χ1v) is 3.78. The lowest BCUT2D eigenvalue weighted by Crippen LogP contribution is -2.37. The second-order valence-electron chi connectivity index (χ2n) is 3.55. The van der Waals surface area contributed by atoms with Gasteiger partial charge in [0.15, 0.2) is 0 Å². The van der Waals surface area contributed by atoms with E-state index in [1.165, 1.54) is 0 Å². The summed E-state index contributed by atoms with van der Waals surface area (Å²) in [6, 6.07) is -0.700. The zero-order chi connectivity index (χ0) is 9.78. The van der Waals surface area contributed by atoms with Crippen LogP contribution in [-0.2, 0) is 9.53 Å². The summed E-state index contributed by atoms with van der Waals surface area (Å²) in [5.41, 5.74) is 4.92. The fraction of sp³-hybridized carbons (Fsp3) is 0.667. The quantitative estimate of drug-likeness (QED) is 0.488. The zero-order valence-corrected chi connectivity index (χ0v) is 7.76. The maximum absolute atomic E-state index is 11.1. The molecular weight excluding hydrogens is 154 g/mol. The van der Waals surface area contributed by atoms with Gasteiger partial charge in [-0.1, -0.05) is 0 Å². The third-order valence-corrected chi connectivity index (χ3v) is 1.05. The van der Waals surface area contributed by atoms with Crippen molar-refractivity contribution in [3.8, 4) is 12.3 Å². The highest BCUT2D eigenvalue weighted by Crippen LogP contribution is 2.08. The average Bonchev–Trinajstić information content (AvgIpc) is 1.84. The molecule has 1 unspecified atom stereocenters. The van der Waals surface area contributed by atoms with Gasteiger partial charge >= 0.3 is 5.97 Å². The Morgan fingerprint density at radius 1 is 1.67 bits per heavy atom. The Morgan fingerprint density at radius 2 is 2.17 bits per heavy atom. The van der Waals surface area contributed by atoms with Crippen molar-refractivity contribution in [3.63, 3.8) is 0 Å². The largest absolute Gasteiger partial charge is 0.459 e. The van der Waals surface area contributed by atoms with Crippen LogP contribution >= 0.6 is 0 Å². The summed E-state index contributed by atoms with van der Waals surface area (Å²) in [4.78, 5) is 11.1. The van der Waals surface area contributed by atoms with Gasteiger partial charge in [0.05, 0.1) is 0 Å². The number of carbonyl (C=O) groups excluding carboxylic acids is 1. The Balaban J connectivity index is 3.98. The van der Waals surface area contributed by atoms with E-state index in [1.807, 2.05) is 0 Å². The molecule has 0 aliphatic rings. The monoisotopic (exact) mass is 169 g/mol. The molecule has 2 N–H and O–H groups in total. The lowest BCUT2D eigenvalue weighted by Gasteiger charge is -2.21. The second kappa shape index (κ2) is 4.13. The maximum Gasteiger partial charge on any atom is 0.324 e. The second-order valence-corrected chi connectivity index (χ2v) is 3.55. The maximum atomic E-state index is 11.1.